The highest BCUT2D eigenvalue weighted by molar-refractivity contribution is 7.86. The molecule has 257 valence electrons. The summed E-state index contributed by atoms with van der Waals surface area (Å²) in [4.78, 5) is 0.00817. The van der Waals surface area contributed by atoms with Crippen LogP contribution in [0.25, 0.3) is 18.2 Å². The Kier molecular flexibility index (Phi) is 11.5. The molecule has 1 aliphatic rings. The zero-order valence-electron chi connectivity index (χ0n) is 28.8. The first kappa shape index (κ1) is 36.0. The zero-order chi connectivity index (χ0) is 35.7. The maximum Gasteiger partial charge on any atom is 0.339 e. The fourth-order valence-corrected chi connectivity index (χ4v) is 6.66. The van der Waals surface area contributed by atoms with Crippen LogP contribution in [0.15, 0.2) is 143 Å². The molecule has 0 N–H and O–H groups in total. The van der Waals surface area contributed by atoms with Crippen molar-refractivity contribution in [2.75, 3.05) is 28.4 Å². The van der Waals surface area contributed by atoms with Crippen LogP contribution in [-0.4, -0.2) is 42.5 Å². The summed E-state index contributed by atoms with van der Waals surface area (Å²) >= 11 is 0. The van der Waals surface area contributed by atoms with Gasteiger partial charge in [-0.25, -0.2) is 0 Å². The Labute approximate surface area is 295 Å². The second-order valence-electron chi connectivity index (χ2n) is 11.6. The van der Waals surface area contributed by atoms with Crippen LogP contribution >= 0.6 is 0 Å². The van der Waals surface area contributed by atoms with Crippen LogP contribution in [0.2, 0.25) is 0 Å². The van der Waals surface area contributed by atoms with Crippen LogP contribution in [0.1, 0.15) is 22.3 Å². The van der Waals surface area contributed by atoms with Gasteiger partial charge in [0.25, 0.3) is 0 Å². The molecule has 0 saturated heterocycles. The quantitative estimate of drug-likeness (QED) is 0.130. The number of ether oxygens (including phenoxy) is 4. The molecular weight excluding hydrogens is 649 g/mol. The first-order valence-corrected chi connectivity index (χ1v) is 17.4. The average molecular weight is 690 g/mol. The second-order valence-corrected chi connectivity index (χ2v) is 13.1. The van der Waals surface area contributed by atoms with Gasteiger partial charge in [-0.05, 0) is 61.9 Å². The lowest BCUT2D eigenvalue weighted by Gasteiger charge is -2.36. The van der Waals surface area contributed by atoms with Crippen molar-refractivity contribution in [2.24, 2.45) is 5.92 Å². The van der Waals surface area contributed by atoms with Gasteiger partial charge in [-0.15, -0.1) is 0 Å². The van der Waals surface area contributed by atoms with E-state index in [0.29, 0.717) is 22.8 Å². The van der Waals surface area contributed by atoms with Crippen LogP contribution in [0.3, 0.4) is 0 Å². The summed E-state index contributed by atoms with van der Waals surface area (Å²) in [6.07, 6.45) is 13.0. The molecule has 4 aromatic carbocycles. The first-order valence-electron chi connectivity index (χ1n) is 16.0. The number of methoxy groups -OCH3 is 4. The molecule has 7 nitrogen and oxygen atoms in total. The van der Waals surface area contributed by atoms with Gasteiger partial charge in [-0.1, -0.05) is 103 Å². The normalized spacial score (nSPS) is 18.1. The SMILES string of the molecule is [CH2]C1C(/C=C/c2ccccc2OC)=CC(/C=C/c2ccccc2OC)(OC)C(OS(=O)(=O)c2ccc(C)cc2)=C1/C=C/c1ccccc1OC. The molecule has 0 aliphatic heterocycles. The maximum atomic E-state index is 14.0. The van der Waals surface area contributed by atoms with Crippen molar-refractivity contribution in [2.45, 2.75) is 17.4 Å². The summed E-state index contributed by atoms with van der Waals surface area (Å²) in [6.45, 7) is 6.40. The lowest BCUT2D eigenvalue weighted by molar-refractivity contribution is 0.0695. The van der Waals surface area contributed by atoms with E-state index in [-0.39, 0.29) is 10.7 Å². The molecule has 1 aliphatic carbocycles. The molecular formula is C42H41O7S. The van der Waals surface area contributed by atoms with Crippen molar-refractivity contribution in [3.05, 3.63) is 167 Å². The predicted molar refractivity (Wildman–Crippen MR) is 199 cm³/mol. The number of para-hydroxylation sites is 3. The van der Waals surface area contributed by atoms with Crippen molar-refractivity contribution < 1.29 is 31.5 Å². The third-order valence-corrected chi connectivity index (χ3v) is 9.68. The molecule has 5 rings (SSSR count). The van der Waals surface area contributed by atoms with Gasteiger partial charge in [0.1, 0.15) is 22.1 Å². The van der Waals surface area contributed by atoms with E-state index < -0.39 is 21.6 Å². The van der Waals surface area contributed by atoms with E-state index in [1.54, 1.807) is 39.5 Å². The Morgan fingerprint density at radius 3 is 1.62 bits per heavy atom. The first-order chi connectivity index (χ1) is 24.1. The van der Waals surface area contributed by atoms with Gasteiger partial charge in [-0.3, -0.25) is 0 Å². The number of hydrogen-bond acceptors (Lipinski definition) is 7. The van der Waals surface area contributed by atoms with E-state index in [2.05, 4.69) is 6.92 Å². The minimum atomic E-state index is -4.33. The average Bonchev–Trinajstić information content (AvgIpc) is 3.14. The highest BCUT2D eigenvalue weighted by Crippen LogP contribution is 2.43. The van der Waals surface area contributed by atoms with E-state index in [4.69, 9.17) is 23.1 Å². The van der Waals surface area contributed by atoms with E-state index in [0.717, 1.165) is 27.8 Å². The Bertz CT molecular complexity index is 2070. The summed E-state index contributed by atoms with van der Waals surface area (Å²) in [7, 11) is 1.99. The zero-order valence-corrected chi connectivity index (χ0v) is 29.6. The molecule has 8 heteroatoms. The van der Waals surface area contributed by atoms with Crippen LogP contribution in [0, 0.1) is 19.8 Å². The molecule has 4 aromatic rings. The fourth-order valence-electron chi connectivity index (χ4n) is 5.64. The third-order valence-electron chi connectivity index (χ3n) is 8.44. The molecule has 1 radical (unpaired) electrons. The maximum absolute atomic E-state index is 14.0. The minimum Gasteiger partial charge on any atom is -0.496 e. The van der Waals surface area contributed by atoms with Gasteiger partial charge in [-0.2, -0.15) is 8.42 Å². The van der Waals surface area contributed by atoms with E-state index >= 15 is 0 Å². The van der Waals surface area contributed by atoms with Gasteiger partial charge in [0.15, 0.2) is 11.4 Å². The van der Waals surface area contributed by atoms with Crippen LogP contribution in [-0.2, 0) is 19.0 Å². The summed E-state index contributed by atoms with van der Waals surface area (Å²) in [5.74, 6) is 1.45. The predicted octanol–water partition coefficient (Wildman–Crippen LogP) is 8.90. The highest BCUT2D eigenvalue weighted by atomic mass is 32.2. The standard InChI is InChI=1S/C42H41O7S/c1-30-19-24-36(25-20-30)50(43,44)49-41-37(26-23-33-14-8-11-17-39(33)46-4)31(2)35(22-21-32-13-7-10-16-38(32)45-3)29-42(41,48-6)28-27-34-15-9-12-18-40(34)47-5/h7-29,31H,2H2,1,3-6H3/b22-21+,26-23+,28-27+. The highest BCUT2D eigenvalue weighted by Gasteiger charge is 2.42. The number of aryl methyl sites for hydroxylation is 1. The van der Waals surface area contributed by atoms with Gasteiger partial charge in [0, 0.05) is 35.3 Å². The molecule has 2 unspecified atom stereocenters. The van der Waals surface area contributed by atoms with Crippen molar-refractivity contribution in [1.82, 2.24) is 0 Å². The fraction of sp³-hybridized carbons (Fsp3) is 0.167. The van der Waals surface area contributed by atoms with E-state index in [1.165, 1.54) is 19.2 Å². The van der Waals surface area contributed by atoms with Crippen molar-refractivity contribution in [3.8, 4) is 17.2 Å². The van der Waals surface area contributed by atoms with Gasteiger partial charge in [0.05, 0.1) is 21.3 Å². The minimum absolute atomic E-state index is 0.00817. The van der Waals surface area contributed by atoms with E-state index in [9.17, 15) is 8.42 Å². The number of allylic oxidation sites excluding steroid dienone is 4. The van der Waals surface area contributed by atoms with Crippen molar-refractivity contribution in [1.29, 1.82) is 0 Å². The second kappa shape index (κ2) is 15.9. The van der Waals surface area contributed by atoms with Crippen molar-refractivity contribution >= 4 is 28.3 Å². The number of hydrogen-bond donors (Lipinski definition) is 0. The third kappa shape index (κ3) is 7.94. The molecule has 0 spiro atoms. The van der Waals surface area contributed by atoms with Crippen molar-refractivity contribution in [3.63, 3.8) is 0 Å². The summed E-state index contributed by atoms with van der Waals surface area (Å²) < 4.78 is 57.3. The Balaban J connectivity index is 1.76. The molecule has 0 amide bonds. The Hall–Kier alpha value is -5.31. The monoisotopic (exact) mass is 689 g/mol. The number of benzene rings is 4. The van der Waals surface area contributed by atoms with Crippen LogP contribution in [0.5, 0.6) is 17.2 Å². The Morgan fingerprint density at radius 1 is 0.640 bits per heavy atom. The van der Waals surface area contributed by atoms with Gasteiger partial charge in [0.2, 0.25) is 0 Å². The molecule has 0 saturated carbocycles. The summed E-state index contributed by atoms with van der Waals surface area (Å²) in [6, 6.07) is 29.2. The smallest absolute Gasteiger partial charge is 0.339 e. The van der Waals surface area contributed by atoms with E-state index in [1.807, 2.05) is 116 Å². The summed E-state index contributed by atoms with van der Waals surface area (Å²) in [5, 5.41) is 0. The lowest BCUT2D eigenvalue weighted by Crippen LogP contribution is -2.37. The molecule has 2 atom stereocenters. The molecule has 0 fully saturated rings. The van der Waals surface area contributed by atoms with Gasteiger partial charge < -0.3 is 23.1 Å². The van der Waals surface area contributed by atoms with Crippen LogP contribution in [0.4, 0.5) is 0 Å². The molecule has 0 heterocycles. The largest absolute Gasteiger partial charge is 0.496 e. The van der Waals surface area contributed by atoms with Gasteiger partial charge >= 0.3 is 10.1 Å². The lowest BCUT2D eigenvalue weighted by atomic mass is 9.78. The summed E-state index contributed by atoms with van der Waals surface area (Å²) in [5.41, 5.74) is 3.04. The molecule has 50 heavy (non-hydrogen) atoms. The molecule has 0 bridgehead atoms. The Morgan fingerprint density at radius 2 is 1.12 bits per heavy atom. The number of rotatable bonds is 13. The van der Waals surface area contributed by atoms with Crippen LogP contribution < -0.4 is 14.2 Å². The topological polar surface area (TPSA) is 80.3 Å². The molecule has 0 aromatic heterocycles.